The molecule has 3 rings (SSSR count). The third-order valence-corrected chi connectivity index (χ3v) is 3.97. The summed E-state index contributed by atoms with van der Waals surface area (Å²) in [6.07, 6.45) is 0.918. The molecule has 0 aliphatic heterocycles. The van der Waals surface area contributed by atoms with Crippen LogP contribution in [0.5, 0.6) is 0 Å². The van der Waals surface area contributed by atoms with Gasteiger partial charge in [-0.05, 0) is 18.6 Å². The fraction of sp³-hybridized carbons (Fsp3) is 0.231. The number of thiazole rings is 1. The number of rotatable bonds is 2. The summed E-state index contributed by atoms with van der Waals surface area (Å²) in [6, 6.07) is 6.37. The lowest BCUT2D eigenvalue weighted by Gasteiger charge is -2.00. The molecule has 4 heteroatoms. The molecule has 1 aliphatic rings. The van der Waals surface area contributed by atoms with E-state index in [1.165, 1.54) is 32.9 Å². The molecule has 1 heterocycles. The summed E-state index contributed by atoms with van der Waals surface area (Å²) >= 11 is 1.52. The van der Waals surface area contributed by atoms with Crippen molar-refractivity contribution in [1.82, 2.24) is 4.98 Å². The van der Waals surface area contributed by atoms with E-state index in [0.717, 1.165) is 12.1 Å². The van der Waals surface area contributed by atoms with Crippen LogP contribution >= 0.6 is 11.3 Å². The van der Waals surface area contributed by atoms with E-state index in [-0.39, 0.29) is 6.42 Å². The summed E-state index contributed by atoms with van der Waals surface area (Å²) in [5.41, 5.74) is 4.67. The summed E-state index contributed by atoms with van der Waals surface area (Å²) in [5.74, 6) is -0.818. The molecule has 0 radical (unpaired) electrons. The zero-order valence-corrected chi connectivity index (χ0v) is 10.2. The Labute approximate surface area is 103 Å². The monoisotopic (exact) mass is 245 g/mol. The Morgan fingerprint density at radius 2 is 2.35 bits per heavy atom. The van der Waals surface area contributed by atoms with Crippen molar-refractivity contribution in [3.63, 3.8) is 0 Å². The highest BCUT2D eigenvalue weighted by Crippen LogP contribution is 2.39. The van der Waals surface area contributed by atoms with Crippen LogP contribution in [0.1, 0.15) is 21.0 Å². The molecule has 2 aromatic rings. The van der Waals surface area contributed by atoms with E-state index >= 15 is 0 Å². The third kappa shape index (κ3) is 1.74. The summed E-state index contributed by atoms with van der Waals surface area (Å²) in [5, 5.41) is 9.47. The van der Waals surface area contributed by atoms with Crippen molar-refractivity contribution in [3.8, 4) is 11.3 Å². The fourth-order valence-electron chi connectivity index (χ4n) is 2.17. The summed E-state index contributed by atoms with van der Waals surface area (Å²) < 4.78 is 0. The first-order valence-corrected chi connectivity index (χ1v) is 6.25. The Balaban J connectivity index is 2.05. The van der Waals surface area contributed by atoms with Gasteiger partial charge in [-0.1, -0.05) is 17.7 Å². The molecule has 86 valence electrons. The number of hydrogen-bond donors (Lipinski definition) is 1. The topological polar surface area (TPSA) is 50.2 Å². The van der Waals surface area contributed by atoms with Gasteiger partial charge in [-0.15, -0.1) is 11.3 Å². The minimum atomic E-state index is -0.818. The van der Waals surface area contributed by atoms with E-state index in [4.69, 9.17) is 5.11 Å². The van der Waals surface area contributed by atoms with Crippen LogP contribution in [0.25, 0.3) is 11.3 Å². The largest absolute Gasteiger partial charge is 0.481 e. The quantitative estimate of drug-likeness (QED) is 0.755. The lowest BCUT2D eigenvalue weighted by atomic mass is 10.1. The van der Waals surface area contributed by atoms with E-state index in [9.17, 15) is 4.79 Å². The Morgan fingerprint density at radius 3 is 3.12 bits per heavy atom. The number of carboxylic acid groups (broad SMARTS) is 1. The average Bonchev–Trinajstić information content (AvgIpc) is 2.74. The minimum Gasteiger partial charge on any atom is -0.481 e. The molecule has 1 N–H and O–H groups in total. The van der Waals surface area contributed by atoms with Crippen LogP contribution in [0.3, 0.4) is 0 Å². The predicted molar refractivity (Wildman–Crippen MR) is 66.4 cm³/mol. The Bertz CT molecular complexity index is 616. The van der Waals surface area contributed by atoms with Gasteiger partial charge in [0.1, 0.15) is 5.01 Å². The molecule has 0 saturated heterocycles. The number of carbonyl (C=O) groups is 1. The van der Waals surface area contributed by atoms with Gasteiger partial charge in [-0.3, -0.25) is 4.79 Å². The van der Waals surface area contributed by atoms with Crippen molar-refractivity contribution in [2.24, 2.45) is 0 Å². The standard InChI is InChI=1S/C13H11NO2S/c1-7-2-3-8-5-10-13(9(8)4-7)14-11(17-10)6-12(15)16/h2-4H,5-6H2,1H3,(H,15,16). The van der Waals surface area contributed by atoms with Crippen LogP contribution in [0.4, 0.5) is 0 Å². The smallest absolute Gasteiger partial charge is 0.310 e. The van der Waals surface area contributed by atoms with Crippen molar-refractivity contribution in [2.45, 2.75) is 19.8 Å². The number of carboxylic acids is 1. The first-order valence-electron chi connectivity index (χ1n) is 5.44. The first kappa shape index (κ1) is 10.5. The van der Waals surface area contributed by atoms with Gasteiger partial charge in [-0.2, -0.15) is 0 Å². The van der Waals surface area contributed by atoms with Crippen molar-refractivity contribution in [1.29, 1.82) is 0 Å². The van der Waals surface area contributed by atoms with E-state index in [1.807, 2.05) is 0 Å². The normalized spacial score (nSPS) is 12.3. The number of nitrogens with zero attached hydrogens (tertiary/aromatic N) is 1. The zero-order valence-electron chi connectivity index (χ0n) is 9.36. The lowest BCUT2D eigenvalue weighted by Crippen LogP contribution is -1.99. The van der Waals surface area contributed by atoms with Crippen molar-refractivity contribution < 1.29 is 9.90 Å². The second-order valence-corrected chi connectivity index (χ2v) is 5.46. The van der Waals surface area contributed by atoms with Crippen LogP contribution in [-0.2, 0) is 17.6 Å². The van der Waals surface area contributed by atoms with Gasteiger partial charge in [0.25, 0.3) is 0 Å². The number of aromatic nitrogens is 1. The van der Waals surface area contributed by atoms with Crippen molar-refractivity contribution >= 4 is 17.3 Å². The van der Waals surface area contributed by atoms with E-state index in [2.05, 4.69) is 30.1 Å². The SMILES string of the molecule is Cc1ccc2c(c1)-c1nc(CC(=O)O)sc1C2. The molecule has 0 fully saturated rings. The lowest BCUT2D eigenvalue weighted by molar-refractivity contribution is -0.136. The van der Waals surface area contributed by atoms with Gasteiger partial charge < -0.3 is 5.11 Å². The van der Waals surface area contributed by atoms with Crippen molar-refractivity contribution in [3.05, 3.63) is 39.2 Å². The highest BCUT2D eigenvalue weighted by atomic mass is 32.1. The second-order valence-electron chi connectivity index (χ2n) is 4.29. The number of hydrogen-bond acceptors (Lipinski definition) is 3. The Kier molecular flexibility index (Phi) is 2.26. The van der Waals surface area contributed by atoms with Crippen LogP contribution in [0, 0.1) is 6.92 Å². The van der Waals surface area contributed by atoms with Crippen LogP contribution in [-0.4, -0.2) is 16.1 Å². The van der Waals surface area contributed by atoms with E-state index in [0.29, 0.717) is 5.01 Å². The van der Waals surface area contributed by atoms with E-state index in [1.54, 1.807) is 0 Å². The molecule has 0 unspecified atom stereocenters. The maximum Gasteiger partial charge on any atom is 0.310 e. The summed E-state index contributed by atoms with van der Waals surface area (Å²) in [7, 11) is 0. The molecule has 0 spiro atoms. The van der Waals surface area contributed by atoms with Gasteiger partial charge >= 0.3 is 5.97 Å². The highest BCUT2D eigenvalue weighted by Gasteiger charge is 2.23. The molecule has 3 nitrogen and oxygen atoms in total. The van der Waals surface area contributed by atoms with Crippen LogP contribution in [0.15, 0.2) is 18.2 Å². The van der Waals surface area contributed by atoms with Crippen LogP contribution in [0.2, 0.25) is 0 Å². The van der Waals surface area contributed by atoms with Gasteiger partial charge in [0.2, 0.25) is 0 Å². The molecule has 0 atom stereocenters. The zero-order chi connectivity index (χ0) is 12.0. The highest BCUT2D eigenvalue weighted by molar-refractivity contribution is 7.12. The molecular formula is C13H11NO2S. The summed E-state index contributed by atoms with van der Waals surface area (Å²) in [6.45, 7) is 2.06. The number of aliphatic carboxylic acids is 1. The molecule has 1 aromatic heterocycles. The average molecular weight is 245 g/mol. The van der Waals surface area contributed by atoms with Gasteiger partial charge in [0.05, 0.1) is 12.1 Å². The molecular weight excluding hydrogens is 234 g/mol. The maximum absolute atomic E-state index is 10.7. The Hall–Kier alpha value is -1.68. The second kappa shape index (κ2) is 3.67. The molecule has 1 aromatic carbocycles. The van der Waals surface area contributed by atoms with Gasteiger partial charge in [0, 0.05) is 16.9 Å². The minimum absolute atomic E-state index is 0.0266. The van der Waals surface area contributed by atoms with Gasteiger partial charge in [0.15, 0.2) is 0 Å². The number of fused-ring (bicyclic) bond motifs is 3. The maximum atomic E-state index is 10.7. The molecule has 17 heavy (non-hydrogen) atoms. The van der Waals surface area contributed by atoms with Gasteiger partial charge in [-0.25, -0.2) is 4.98 Å². The molecule has 0 amide bonds. The number of benzene rings is 1. The first-order chi connectivity index (χ1) is 8.13. The molecule has 1 aliphatic carbocycles. The molecule has 0 saturated carbocycles. The van der Waals surface area contributed by atoms with Crippen LogP contribution < -0.4 is 0 Å². The molecule has 0 bridgehead atoms. The van der Waals surface area contributed by atoms with E-state index < -0.39 is 5.97 Å². The Morgan fingerprint density at radius 1 is 1.53 bits per heavy atom. The summed E-state index contributed by atoms with van der Waals surface area (Å²) in [4.78, 5) is 16.3. The number of aryl methyl sites for hydroxylation is 1. The van der Waals surface area contributed by atoms with Crippen molar-refractivity contribution in [2.75, 3.05) is 0 Å². The third-order valence-electron chi connectivity index (χ3n) is 2.92. The predicted octanol–water partition coefficient (Wildman–Crippen LogP) is 2.65. The fourth-order valence-corrected chi connectivity index (χ4v) is 3.27.